The van der Waals surface area contributed by atoms with Crippen molar-refractivity contribution in [3.63, 3.8) is 0 Å². The first-order chi connectivity index (χ1) is 13.8. The van der Waals surface area contributed by atoms with Crippen LogP contribution in [0.15, 0.2) is 48.5 Å². The van der Waals surface area contributed by atoms with E-state index in [1.54, 1.807) is 24.3 Å². The van der Waals surface area contributed by atoms with E-state index < -0.39 is 43.3 Å². The van der Waals surface area contributed by atoms with Gasteiger partial charge in [-0.1, -0.05) is 18.2 Å². The Morgan fingerprint density at radius 1 is 1.03 bits per heavy atom. The van der Waals surface area contributed by atoms with Gasteiger partial charge in [-0.25, -0.2) is 0 Å². The molecule has 9 heteroatoms. The molecule has 0 N–H and O–H groups in total. The zero-order valence-electron chi connectivity index (χ0n) is 15.0. The monoisotopic (exact) mass is 403 g/mol. The minimum atomic E-state index is -2.98. The number of hydrogen-bond donors (Lipinski definition) is 0. The fourth-order valence-electron chi connectivity index (χ4n) is 2.79. The molecule has 0 bridgehead atoms. The molecule has 150 valence electrons. The van der Waals surface area contributed by atoms with Crippen LogP contribution in [-0.2, 0) is 20.7 Å². The highest BCUT2D eigenvalue weighted by Gasteiger charge is 2.32. The maximum Gasteiger partial charge on any atom is 0.387 e. The van der Waals surface area contributed by atoms with Gasteiger partial charge >= 0.3 is 12.6 Å². The minimum absolute atomic E-state index is 0.0127. The van der Waals surface area contributed by atoms with Crippen LogP contribution in [0.4, 0.5) is 8.78 Å². The van der Waals surface area contributed by atoms with Gasteiger partial charge in [0.1, 0.15) is 12.3 Å². The lowest BCUT2D eigenvalue weighted by Gasteiger charge is -2.25. The number of hydrogen-bond acceptors (Lipinski definition) is 6. The Balaban J connectivity index is 1.55. The van der Waals surface area contributed by atoms with Crippen molar-refractivity contribution >= 4 is 23.6 Å². The van der Waals surface area contributed by atoms with Crippen molar-refractivity contribution in [1.29, 1.82) is 0 Å². The molecular formula is C20H15F2NO6. The summed E-state index contributed by atoms with van der Waals surface area (Å²) in [7, 11) is 0. The number of carbonyl (C=O) groups is 4. The number of fused-ring (bicyclic) bond motifs is 1. The number of halogens is 2. The fourth-order valence-corrected chi connectivity index (χ4v) is 2.79. The fraction of sp³-hybridized carbons (Fsp3) is 0.200. The van der Waals surface area contributed by atoms with E-state index in [-0.39, 0.29) is 17.7 Å². The average Bonchev–Trinajstić information content (AvgIpc) is 2.69. The topological polar surface area (TPSA) is 90.0 Å². The van der Waals surface area contributed by atoms with E-state index >= 15 is 0 Å². The van der Waals surface area contributed by atoms with Crippen LogP contribution < -0.4 is 4.74 Å². The number of imide groups is 1. The SMILES string of the molecule is O=C(CN1C(=O)Cc2ccccc2C1=O)OCC(=O)c1ccc(OC(F)F)cc1. The molecule has 0 saturated carbocycles. The lowest BCUT2D eigenvalue weighted by atomic mass is 9.98. The molecule has 0 saturated heterocycles. The van der Waals surface area contributed by atoms with E-state index in [2.05, 4.69) is 4.74 Å². The molecule has 1 heterocycles. The predicted octanol–water partition coefficient (Wildman–Crippen LogP) is 2.24. The number of carbonyl (C=O) groups excluding carboxylic acids is 4. The highest BCUT2D eigenvalue weighted by Crippen LogP contribution is 2.19. The molecule has 29 heavy (non-hydrogen) atoms. The van der Waals surface area contributed by atoms with Gasteiger partial charge in [0.2, 0.25) is 5.91 Å². The van der Waals surface area contributed by atoms with Crippen LogP contribution in [0.2, 0.25) is 0 Å². The Hall–Kier alpha value is -3.62. The summed E-state index contributed by atoms with van der Waals surface area (Å²) in [6.07, 6.45) is -0.0127. The van der Waals surface area contributed by atoms with E-state index in [9.17, 15) is 28.0 Å². The van der Waals surface area contributed by atoms with Gasteiger partial charge in [-0.3, -0.25) is 24.1 Å². The molecule has 0 aromatic heterocycles. The zero-order valence-corrected chi connectivity index (χ0v) is 15.0. The lowest BCUT2D eigenvalue weighted by Crippen LogP contribution is -2.45. The highest BCUT2D eigenvalue weighted by molar-refractivity contribution is 6.11. The van der Waals surface area contributed by atoms with Crippen LogP contribution in [0, 0.1) is 0 Å². The molecule has 3 rings (SSSR count). The van der Waals surface area contributed by atoms with Gasteiger partial charge in [0.25, 0.3) is 5.91 Å². The second kappa shape index (κ2) is 8.59. The molecule has 0 fully saturated rings. The van der Waals surface area contributed by atoms with Crippen molar-refractivity contribution < 1.29 is 37.4 Å². The number of rotatable bonds is 7. The van der Waals surface area contributed by atoms with Crippen molar-refractivity contribution in [3.05, 3.63) is 65.2 Å². The molecule has 0 radical (unpaired) electrons. The second-order valence-corrected chi connectivity index (χ2v) is 6.11. The van der Waals surface area contributed by atoms with E-state index in [0.29, 0.717) is 11.1 Å². The molecule has 0 atom stereocenters. The number of esters is 1. The third kappa shape index (κ3) is 4.81. The van der Waals surface area contributed by atoms with Gasteiger partial charge in [-0.2, -0.15) is 8.78 Å². The summed E-state index contributed by atoms with van der Waals surface area (Å²) in [5.41, 5.74) is 1.04. The molecule has 2 amide bonds. The van der Waals surface area contributed by atoms with Gasteiger partial charge in [-0.15, -0.1) is 0 Å². The first kappa shape index (κ1) is 20.1. The first-order valence-corrected chi connectivity index (χ1v) is 8.51. The van der Waals surface area contributed by atoms with Crippen molar-refractivity contribution in [1.82, 2.24) is 4.90 Å². The summed E-state index contributed by atoms with van der Waals surface area (Å²) in [5.74, 6) is -2.75. The van der Waals surface area contributed by atoms with Gasteiger partial charge < -0.3 is 9.47 Å². The van der Waals surface area contributed by atoms with Crippen LogP contribution in [0.25, 0.3) is 0 Å². The standard InChI is InChI=1S/C20H15F2NO6/c21-20(22)29-14-7-5-12(6-8-14)16(24)11-28-18(26)10-23-17(25)9-13-3-1-2-4-15(13)19(23)27/h1-8,20H,9-11H2. The molecule has 2 aromatic carbocycles. The molecule has 1 aliphatic rings. The summed E-state index contributed by atoms with van der Waals surface area (Å²) in [6.45, 7) is -4.22. The smallest absolute Gasteiger partial charge is 0.387 e. The van der Waals surface area contributed by atoms with Gasteiger partial charge in [0.15, 0.2) is 12.4 Å². The van der Waals surface area contributed by atoms with Crippen molar-refractivity contribution in [2.24, 2.45) is 0 Å². The molecule has 0 unspecified atom stereocenters. The molecule has 1 aliphatic heterocycles. The Bertz CT molecular complexity index is 958. The van der Waals surface area contributed by atoms with Gasteiger partial charge in [0, 0.05) is 11.1 Å². The minimum Gasteiger partial charge on any atom is -0.456 e. The Morgan fingerprint density at radius 3 is 2.41 bits per heavy atom. The number of ketones is 1. The largest absolute Gasteiger partial charge is 0.456 e. The van der Waals surface area contributed by atoms with E-state index in [0.717, 1.165) is 4.90 Å². The number of benzene rings is 2. The summed E-state index contributed by atoms with van der Waals surface area (Å²) >= 11 is 0. The van der Waals surface area contributed by atoms with Crippen LogP contribution >= 0.6 is 0 Å². The third-order valence-electron chi connectivity index (χ3n) is 4.19. The Kier molecular flexibility index (Phi) is 5.96. The summed E-state index contributed by atoms with van der Waals surface area (Å²) in [5, 5.41) is 0. The number of nitrogens with zero attached hydrogens (tertiary/aromatic N) is 1. The number of Topliss-reactive ketones (excluding diaryl/α,β-unsaturated/α-hetero) is 1. The first-order valence-electron chi connectivity index (χ1n) is 8.51. The molecular weight excluding hydrogens is 388 g/mol. The van der Waals surface area contributed by atoms with E-state index in [1.807, 2.05) is 0 Å². The predicted molar refractivity (Wildman–Crippen MR) is 94.6 cm³/mol. The normalized spacial score (nSPS) is 13.3. The van der Waals surface area contributed by atoms with Crippen molar-refractivity contribution in [3.8, 4) is 5.75 Å². The van der Waals surface area contributed by atoms with Gasteiger partial charge in [-0.05, 0) is 35.9 Å². The molecule has 7 nitrogen and oxygen atoms in total. The maximum absolute atomic E-state index is 12.4. The van der Waals surface area contributed by atoms with Crippen LogP contribution in [0.1, 0.15) is 26.3 Å². The number of alkyl halides is 2. The molecule has 0 spiro atoms. The van der Waals surface area contributed by atoms with Crippen LogP contribution in [-0.4, -0.2) is 48.2 Å². The maximum atomic E-state index is 12.4. The highest BCUT2D eigenvalue weighted by atomic mass is 19.3. The van der Waals surface area contributed by atoms with E-state index in [4.69, 9.17) is 4.74 Å². The Labute approximate surface area is 163 Å². The van der Waals surface area contributed by atoms with Gasteiger partial charge in [0.05, 0.1) is 6.42 Å². The quantitative estimate of drug-likeness (QED) is 0.400. The molecule has 0 aliphatic carbocycles. The Morgan fingerprint density at radius 2 is 1.72 bits per heavy atom. The number of ether oxygens (including phenoxy) is 2. The summed E-state index contributed by atoms with van der Waals surface area (Å²) in [4.78, 5) is 49.4. The van der Waals surface area contributed by atoms with Crippen molar-refractivity contribution in [2.75, 3.05) is 13.2 Å². The third-order valence-corrected chi connectivity index (χ3v) is 4.19. The van der Waals surface area contributed by atoms with Crippen LogP contribution in [0.3, 0.4) is 0 Å². The van der Waals surface area contributed by atoms with Crippen LogP contribution in [0.5, 0.6) is 5.75 Å². The zero-order chi connectivity index (χ0) is 21.0. The summed E-state index contributed by atoms with van der Waals surface area (Å²) < 4.78 is 33.3. The molecule has 2 aromatic rings. The summed E-state index contributed by atoms with van der Waals surface area (Å²) in [6, 6.07) is 11.5. The van der Waals surface area contributed by atoms with E-state index in [1.165, 1.54) is 24.3 Å². The second-order valence-electron chi connectivity index (χ2n) is 6.11. The number of amides is 2. The average molecular weight is 403 g/mol. The lowest BCUT2D eigenvalue weighted by molar-refractivity contribution is -0.146. The van der Waals surface area contributed by atoms with Crippen molar-refractivity contribution in [2.45, 2.75) is 13.0 Å².